The van der Waals surface area contributed by atoms with Crippen LogP contribution in [0.25, 0.3) is 10.2 Å². The molecule has 2 atom stereocenters. The second-order valence-electron chi connectivity index (χ2n) is 5.33. The van der Waals surface area contributed by atoms with E-state index in [4.69, 9.17) is 4.74 Å². The summed E-state index contributed by atoms with van der Waals surface area (Å²) in [6, 6.07) is 4.75. The molecule has 4 rings (SSSR count). The number of pyridine rings is 1. The molecule has 19 heavy (non-hydrogen) atoms. The van der Waals surface area contributed by atoms with Gasteiger partial charge in [0.05, 0.1) is 34.7 Å². The van der Waals surface area contributed by atoms with Gasteiger partial charge in [-0.1, -0.05) is 0 Å². The van der Waals surface area contributed by atoms with Crippen LogP contribution in [-0.4, -0.2) is 55.3 Å². The fourth-order valence-electron chi connectivity index (χ4n) is 3.16. The van der Waals surface area contributed by atoms with E-state index in [-0.39, 0.29) is 0 Å². The summed E-state index contributed by atoms with van der Waals surface area (Å²) in [4.78, 5) is 9.31. The highest BCUT2D eigenvalue weighted by Crippen LogP contribution is 2.33. The summed E-state index contributed by atoms with van der Waals surface area (Å²) >= 11 is 1.78. The Labute approximate surface area is 116 Å². The molecule has 0 bridgehead atoms. The molecule has 4 heterocycles. The van der Waals surface area contributed by atoms with E-state index in [9.17, 15) is 0 Å². The van der Waals surface area contributed by atoms with Gasteiger partial charge in [0.15, 0.2) is 0 Å². The van der Waals surface area contributed by atoms with E-state index in [1.54, 1.807) is 11.3 Å². The number of rotatable bonds is 1. The van der Waals surface area contributed by atoms with Crippen LogP contribution in [0.4, 0.5) is 5.69 Å². The molecule has 0 spiro atoms. The SMILES string of the molecule is CN1CCOC2CN(c3ccnc4ccsc34)CC21. The molecule has 2 fully saturated rings. The first-order chi connectivity index (χ1) is 9.33. The Morgan fingerprint density at radius 1 is 1.37 bits per heavy atom. The van der Waals surface area contributed by atoms with E-state index >= 15 is 0 Å². The topological polar surface area (TPSA) is 28.6 Å². The zero-order valence-electron chi connectivity index (χ0n) is 11.0. The van der Waals surface area contributed by atoms with Gasteiger partial charge in [-0.25, -0.2) is 0 Å². The number of nitrogens with zero attached hydrogens (tertiary/aromatic N) is 3. The van der Waals surface area contributed by atoms with Gasteiger partial charge >= 0.3 is 0 Å². The van der Waals surface area contributed by atoms with Crippen LogP contribution in [-0.2, 0) is 4.74 Å². The third kappa shape index (κ3) is 1.84. The lowest BCUT2D eigenvalue weighted by Crippen LogP contribution is -2.48. The molecule has 2 aliphatic heterocycles. The summed E-state index contributed by atoms with van der Waals surface area (Å²) < 4.78 is 7.22. The molecule has 5 heteroatoms. The number of likely N-dealkylation sites (N-methyl/N-ethyl adjacent to an activating group) is 1. The zero-order chi connectivity index (χ0) is 12.8. The van der Waals surface area contributed by atoms with Crippen LogP contribution in [0.15, 0.2) is 23.7 Å². The molecule has 0 aliphatic carbocycles. The Morgan fingerprint density at radius 2 is 2.32 bits per heavy atom. The maximum Gasteiger partial charge on any atom is 0.0922 e. The number of fused-ring (bicyclic) bond motifs is 2. The molecule has 2 aliphatic rings. The van der Waals surface area contributed by atoms with Gasteiger partial charge in [-0.3, -0.25) is 9.88 Å². The van der Waals surface area contributed by atoms with E-state index in [1.807, 2.05) is 6.20 Å². The maximum absolute atomic E-state index is 5.92. The molecule has 2 saturated heterocycles. The minimum Gasteiger partial charge on any atom is -0.373 e. The van der Waals surface area contributed by atoms with Gasteiger partial charge in [-0.05, 0) is 24.6 Å². The highest BCUT2D eigenvalue weighted by Gasteiger charge is 2.39. The molecule has 2 aromatic rings. The molecule has 100 valence electrons. The molecular weight excluding hydrogens is 258 g/mol. The molecule has 0 saturated carbocycles. The summed E-state index contributed by atoms with van der Waals surface area (Å²) in [5.41, 5.74) is 2.41. The fraction of sp³-hybridized carbons (Fsp3) is 0.500. The first kappa shape index (κ1) is 11.6. The Kier molecular flexibility index (Phi) is 2.72. The average molecular weight is 275 g/mol. The highest BCUT2D eigenvalue weighted by molar-refractivity contribution is 7.17. The lowest BCUT2D eigenvalue weighted by atomic mass is 10.1. The van der Waals surface area contributed by atoms with Gasteiger partial charge in [0.25, 0.3) is 0 Å². The van der Waals surface area contributed by atoms with Crippen LogP contribution in [0.1, 0.15) is 0 Å². The number of aromatic nitrogens is 1. The van der Waals surface area contributed by atoms with Crippen LogP contribution in [0.5, 0.6) is 0 Å². The molecular formula is C14H17N3OS. The summed E-state index contributed by atoms with van der Waals surface area (Å²) in [7, 11) is 2.21. The number of thiophene rings is 1. The largest absolute Gasteiger partial charge is 0.373 e. The fourth-order valence-corrected chi connectivity index (χ4v) is 4.06. The Morgan fingerprint density at radius 3 is 3.21 bits per heavy atom. The molecule has 4 nitrogen and oxygen atoms in total. The predicted octanol–water partition coefficient (Wildman–Crippen LogP) is 1.82. The van der Waals surface area contributed by atoms with Crippen LogP contribution in [0.3, 0.4) is 0 Å². The number of hydrogen-bond acceptors (Lipinski definition) is 5. The average Bonchev–Trinajstić information content (AvgIpc) is 3.05. The van der Waals surface area contributed by atoms with Crippen LogP contribution in [0.2, 0.25) is 0 Å². The van der Waals surface area contributed by atoms with Crippen molar-refractivity contribution in [3.05, 3.63) is 23.7 Å². The number of ether oxygens (including phenoxy) is 1. The first-order valence-electron chi connectivity index (χ1n) is 6.72. The van der Waals surface area contributed by atoms with Crippen molar-refractivity contribution < 1.29 is 4.74 Å². The van der Waals surface area contributed by atoms with Gasteiger partial charge in [0, 0.05) is 25.8 Å². The van der Waals surface area contributed by atoms with Crippen molar-refractivity contribution in [1.82, 2.24) is 9.88 Å². The predicted molar refractivity (Wildman–Crippen MR) is 78.0 cm³/mol. The number of morpholine rings is 1. The van der Waals surface area contributed by atoms with Crippen molar-refractivity contribution in [2.75, 3.05) is 38.2 Å². The van der Waals surface area contributed by atoms with E-state index in [2.05, 4.69) is 39.3 Å². The van der Waals surface area contributed by atoms with E-state index in [1.165, 1.54) is 10.4 Å². The molecule has 0 radical (unpaired) electrons. The van der Waals surface area contributed by atoms with Gasteiger partial charge in [-0.2, -0.15) is 0 Å². The first-order valence-corrected chi connectivity index (χ1v) is 7.60. The van der Waals surface area contributed by atoms with Gasteiger partial charge in [0.1, 0.15) is 0 Å². The standard InChI is InChI=1S/C14H17N3OS/c1-16-5-6-18-13-9-17(8-12(13)16)11-2-4-15-10-3-7-19-14(10)11/h2-4,7,12-13H,5-6,8-9H2,1H3. The zero-order valence-corrected chi connectivity index (χ0v) is 11.8. The second-order valence-corrected chi connectivity index (χ2v) is 6.24. The van der Waals surface area contributed by atoms with Crippen molar-refractivity contribution in [1.29, 1.82) is 0 Å². The quantitative estimate of drug-likeness (QED) is 0.794. The number of hydrogen-bond donors (Lipinski definition) is 0. The van der Waals surface area contributed by atoms with Crippen molar-refractivity contribution in [3.63, 3.8) is 0 Å². The normalized spacial score (nSPS) is 27.9. The third-order valence-electron chi connectivity index (χ3n) is 4.24. The van der Waals surface area contributed by atoms with E-state index in [0.717, 1.165) is 31.8 Å². The van der Waals surface area contributed by atoms with Crippen molar-refractivity contribution >= 4 is 27.2 Å². The number of anilines is 1. The van der Waals surface area contributed by atoms with Crippen LogP contribution < -0.4 is 4.90 Å². The summed E-state index contributed by atoms with van der Waals surface area (Å²) in [6.45, 7) is 3.94. The van der Waals surface area contributed by atoms with Gasteiger partial charge < -0.3 is 9.64 Å². The van der Waals surface area contributed by atoms with E-state index < -0.39 is 0 Å². The molecule has 0 N–H and O–H groups in total. The minimum atomic E-state index is 0.349. The lowest BCUT2D eigenvalue weighted by molar-refractivity contribution is -0.0362. The maximum atomic E-state index is 5.92. The van der Waals surface area contributed by atoms with Crippen molar-refractivity contribution in [3.8, 4) is 0 Å². The van der Waals surface area contributed by atoms with Crippen molar-refractivity contribution in [2.24, 2.45) is 0 Å². The Bertz CT molecular complexity index is 599. The Hall–Kier alpha value is -1.17. The molecule has 0 aromatic carbocycles. The summed E-state index contributed by atoms with van der Waals surface area (Å²) in [6.07, 6.45) is 2.26. The van der Waals surface area contributed by atoms with Crippen molar-refractivity contribution in [2.45, 2.75) is 12.1 Å². The van der Waals surface area contributed by atoms with E-state index in [0.29, 0.717) is 12.1 Å². The minimum absolute atomic E-state index is 0.349. The lowest BCUT2D eigenvalue weighted by Gasteiger charge is -2.33. The third-order valence-corrected chi connectivity index (χ3v) is 5.17. The summed E-state index contributed by atoms with van der Waals surface area (Å²) in [5, 5.41) is 2.12. The molecule has 0 amide bonds. The van der Waals surface area contributed by atoms with Gasteiger partial charge in [0.2, 0.25) is 0 Å². The van der Waals surface area contributed by atoms with Crippen LogP contribution >= 0.6 is 11.3 Å². The second kappa shape index (κ2) is 4.44. The van der Waals surface area contributed by atoms with Gasteiger partial charge in [-0.15, -0.1) is 11.3 Å². The summed E-state index contributed by atoms with van der Waals surface area (Å²) in [5.74, 6) is 0. The highest BCUT2D eigenvalue weighted by atomic mass is 32.1. The van der Waals surface area contributed by atoms with Crippen LogP contribution in [0, 0.1) is 0 Å². The smallest absolute Gasteiger partial charge is 0.0922 e. The molecule has 2 unspecified atom stereocenters. The monoisotopic (exact) mass is 275 g/mol. The Balaban J connectivity index is 1.68. The molecule has 2 aromatic heterocycles.